The van der Waals surface area contributed by atoms with Crippen molar-refractivity contribution in [1.29, 1.82) is 0 Å². The summed E-state index contributed by atoms with van der Waals surface area (Å²) in [6.45, 7) is 12.4. The van der Waals surface area contributed by atoms with E-state index >= 15 is 0 Å². The molecule has 3 rings (SSSR count). The van der Waals surface area contributed by atoms with Crippen molar-refractivity contribution in [1.82, 2.24) is 15.2 Å². The Kier molecular flexibility index (Phi) is 13.2. The summed E-state index contributed by atoms with van der Waals surface area (Å²) in [4.78, 5) is 37.1. The van der Waals surface area contributed by atoms with Crippen LogP contribution in [-0.2, 0) is 51.9 Å². The lowest BCUT2D eigenvalue weighted by atomic mass is 10.0. The molecule has 1 aliphatic heterocycles. The fourth-order valence-corrected chi connectivity index (χ4v) is 4.82. The van der Waals surface area contributed by atoms with Gasteiger partial charge in [0.15, 0.2) is 12.4 Å². The van der Waals surface area contributed by atoms with Crippen LogP contribution in [0.5, 0.6) is 0 Å². The highest BCUT2D eigenvalue weighted by Crippen LogP contribution is 2.36. The number of aromatic nitrogens is 2. The van der Waals surface area contributed by atoms with Crippen LogP contribution < -0.4 is 39.2 Å². The number of nitrogens with one attached hydrogen (secondary N) is 2. The summed E-state index contributed by atoms with van der Waals surface area (Å²) in [6.07, 6.45) is 6.04. The highest BCUT2D eigenvalue weighted by Gasteiger charge is 2.29. The van der Waals surface area contributed by atoms with Gasteiger partial charge in [-0.05, 0) is 59.4 Å². The van der Waals surface area contributed by atoms with E-state index in [0.717, 1.165) is 60.3 Å². The highest BCUT2D eigenvalue weighted by atomic mass is 127. The molecule has 222 valence electrons. The van der Waals surface area contributed by atoms with E-state index in [-0.39, 0.29) is 67.9 Å². The summed E-state index contributed by atoms with van der Waals surface area (Å²) in [6, 6.07) is 3.77. The van der Waals surface area contributed by atoms with E-state index in [0.29, 0.717) is 0 Å². The molecule has 0 fully saturated rings. The lowest BCUT2D eigenvalue weighted by molar-refractivity contribution is -0.727. The van der Waals surface area contributed by atoms with Gasteiger partial charge in [-0.1, -0.05) is 13.8 Å². The number of nitrogens with zero attached hydrogens (tertiary/aromatic N) is 2. The fourth-order valence-electron chi connectivity index (χ4n) is 4.82. The summed E-state index contributed by atoms with van der Waals surface area (Å²) in [5.41, 5.74) is 4.52. The van der Waals surface area contributed by atoms with Crippen LogP contribution in [0.1, 0.15) is 77.6 Å². The van der Waals surface area contributed by atoms with Crippen molar-refractivity contribution in [2.24, 2.45) is 5.92 Å². The third kappa shape index (κ3) is 8.84. The number of alkyl carbamates (subject to hydrolysis) is 2. The maximum atomic E-state index is 12.4. The van der Waals surface area contributed by atoms with Crippen LogP contribution in [-0.4, -0.2) is 34.8 Å². The van der Waals surface area contributed by atoms with Gasteiger partial charge >= 0.3 is 18.2 Å². The fraction of sp³-hybridized carbons (Fsp3) is 0.586. The van der Waals surface area contributed by atoms with E-state index in [1.807, 2.05) is 70.6 Å². The SMILES string of the molecule is CCC(CC)C(=O)OC[n+]1cccc(-c2c(COC(=O)NC(C)C)c(COC(=O)NC(C)C)c3n2CCC3)c1.[I-]. The highest BCUT2D eigenvalue weighted by molar-refractivity contribution is 5.72. The minimum Gasteiger partial charge on any atom is -1.00 e. The topological polar surface area (TPSA) is 112 Å². The molecule has 2 N–H and O–H groups in total. The number of carbonyl (C=O) groups is 3. The van der Waals surface area contributed by atoms with E-state index in [9.17, 15) is 14.4 Å². The van der Waals surface area contributed by atoms with Gasteiger partial charge in [-0.2, -0.15) is 4.57 Å². The van der Waals surface area contributed by atoms with Crippen molar-refractivity contribution >= 4 is 18.2 Å². The number of fused-ring (bicyclic) bond motifs is 1. The van der Waals surface area contributed by atoms with Gasteiger partial charge in [0.25, 0.3) is 6.73 Å². The summed E-state index contributed by atoms with van der Waals surface area (Å²) < 4.78 is 20.8. The van der Waals surface area contributed by atoms with Crippen molar-refractivity contribution in [3.05, 3.63) is 41.3 Å². The summed E-state index contributed by atoms with van der Waals surface area (Å²) >= 11 is 0. The Hall–Kier alpha value is -2.83. The molecule has 2 aromatic rings. The standard InChI is InChI=1S/C29H42N4O6.HI/c1-7-21(8-2)27(34)39-18-32-13-9-11-22(15-32)26-24(17-38-29(36)31-20(5)6)23(25-12-10-14-33(25)26)16-37-28(35)30-19(3)4;/h9,11,13,15,19-21H,7-8,10,12,14,16-18H2,1-6H3,(H-,30,31,35,36);1H. The lowest BCUT2D eigenvalue weighted by Gasteiger charge is -2.14. The molecule has 0 aromatic carbocycles. The van der Waals surface area contributed by atoms with Gasteiger partial charge < -0.3 is 53.4 Å². The van der Waals surface area contributed by atoms with Crippen molar-refractivity contribution in [2.75, 3.05) is 0 Å². The second-order valence-electron chi connectivity index (χ2n) is 10.5. The Morgan fingerprint density at radius 3 is 2.12 bits per heavy atom. The first-order valence-corrected chi connectivity index (χ1v) is 13.9. The van der Waals surface area contributed by atoms with Crippen molar-refractivity contribution in [3.8, 4) is 11.3 Å². The molecule has 40 heavy (non-hydrogen) atoms. The Balaban J connectivity index is 0.00000560. The zero-order valence-electron chi connectivity index (χ0n) is 24.4. The van der Waals surface area contributed by atoms with Gasteiger partial charge in [-0.3, -0.25) is 4.79 Å². The minimum absolute atomic E-state index is 0. The predicted molar refractivity (Wildman–Crippen MR) is 145 cm³/mol. The second kappa shape index (κ2) is 15.8. The zero-order valence-corrected chi connectivity index (χ0v) is 26.6. The minimum atomic E-state index is -0.511. The average Bonchev–Trinajstić information content (AvgIpc) is 3.45. The molecule has 2 aromatic heterocycles. The number of esters is 1. The van der Waals surface area contributed by atoms with Crippen LogP contribution in [0.4, 0.5) is 9.59 Å². The Morgan fingerprint density at radius 2 is 1.55 bits per heavy atom. The number of rotatable bonds is 12. The lowest BCUT2D eigenvalue weighted by Crippen LogP contribution is -3.00. The first-order valence-electron chi connectivity index (χ1n) is 13.9. The molecule has 10 nitrogen and oxygen atoms in total. The van der Waals surface area contributed by atoms with Gasteiger partial charge in [0.05, 0.1) is 17.2 Å². The Morgan fingerprint density at radius 1 is 0.950 bits per heavy atom. The molecular formula is C29H43IN4O6. The summed E-state index contributed by atoms with van der Waals surface area (Å²) in [7, 11) is 0. The van der Waals surface area contributed by atoms with Gasteiger partial charge in [0.2, 0.25) is 0 Å². The zero-order chi connectivity index (χ0) is 28.5. The smallest absolute Gasteiger partial charge is 0.407 e. The van der Waals surface area contributed by atoms with Gasteiger partial charge in [-0.25, -0.2) is 9.59 Å². The number of carbonyl (C=O) groups excluding carboxylic acids is 3. The number of ether oxygens (including phenoxy) is 3. The first-order chi connectivity index (χ1) is 18.6. The van der Waals surface area contributed by atoms with Crippen molar-refractivity contribution in [3.63, 3.8) is 0 Å². The third-order valence-corrected chi connectivity index (χ3v) is 6.70. The van der Waals surface area contributed by atoms with E-state index in [4.69, 9.17) is 14.2 Å². The van der Waals surface area contributed by atoms with Gasteiger partial charge in [0, 0.05) is 41.5 Å². The van der Waals surface area contributed by atoms with Crippen LogP contribution in [0.15, 0.2) is 24.5 Å². The van der Waals surface area contributed by atoms with Crippen molar-refractivity contribution in [2.45, 2.75) is 106 Å². The van der Waals surface area contributed by atoms with Crippen LogP contribution in [0.25, 0.3) is 11.3 Å². The van der Waals surface area contributed by atoms with Gasteiger partial charge in [0.1, 0.15) is 13.2 Å². The number of amides is 2. The van der Waals surface area contributed by atoms with Gasteiger partial charge in [-0.15, -0.1) is 0 Å². The summed E-state index contributed by atoms with van der Waals surface area (Å²) in [5.74, 6) is -0.315. The number of pyridine rings is 1. The molecule has 0 bridgehead atoms. The van der Waals surface area contributed by atoms with Crippen LogP contribution >= 0.6 is 0 Å². The molecule has 1 aliphatic rings. The predicted octanol–water partition coefficient (Wildman–Crippen LogP) is 1.60. The molecule has 11 heteroatoms. The summed E-state index contributed by atoms with van der Waals surface area (Å²) in [5, 5.41) is 5.50. The molecule has 3 heterocycles. The average molecular weight is 671 g/mol. The van der Waals surface area contributed by atoms with E-state index in [2.05, 4.69) is 15.2 Å². The quantitative estimate of drug-likeness (QED) is 0.154. The normalized spacial score (nSPS) is 12.2. The Labute approximate surface area is 254 Å². The monoisotopic (exact) mass is 670 g/mol. The molecular weight excluding hydrogens is 627 g/mol. The molecule has 2 amide bonds. The van der Waals surface area contributed by atoms with E-state index in [1.165, 1.54) is 0 Å². The molecule has 0 radical (unpaired) electrons. The number of halogens is 1. The van der Waals surface area contributed by atoms with E-state index in [1.54, 1.807) is 0 Å². The van der Waals surface area contributed by atoms with Crippen molar-refractivity contribution < 1.29 is 57.1 Å². The maximum absolute atomic E-state index is 12.4. The van der Waals surface area contributed by atoms with Crippen LogP contribution in [0.2, 0.25) is 0 Å². The first kappa shape index (κ1) is 33.4. The largest absolute Gasteiger partial charge is 1.00 e. The number of hydrogen-bond donors (Lipinski definition) is 2. The third-order valence-electron chi connectivity index (χ3n) is 6.70. The molecule has 0 saturated carbocycles. The molecule has 0 unspecified atom stereocenters. The van der Waals surface area contributed by atoms with Crippen LogP contribution in [0.3, 0.4) is 0 Å². The number of hydrogen-bond acceptors (Lipinski definition) is 6. The van der Waals surface area contributed by atoms with E-state index < -0.39 is 12.2 Å². The molecule has 0 aliphatic carbocycles. The molecule has 0 atom stereocenters. The Bertz CT molecular complexity index is 1160. The molecule has 0 spiro atoms. The molecule has 0 saturated heterocycles. The van der Waals surface area contributed by atoms with Crippen LogP contribution in [0, 0.1) is 5.92 Å². The second-order valence-corrected chi connectivity index (χ2v) is 10.5. The maximum Gasteiger partial charge on any atom is 0.407 e.